The molecule has 1 amide bonds. The summed E-state index contributed by atoms with van der Waals surface area (Å²) < 4.78 is 5.56. The Morgan fingerprint density at radius 2 is 2.36 bits per heavy atom. The van der Waals surface area contributed by atoms with Gasteiger partial charge in [-0.15, -0.1) is 0 Å². The summed E-state index contributed by atoms with van der Waals surface area (Å²) in [5.74, 6) is 0.861. The van der Waals surface area contributed by atoms with Crippen molar-refractivity contribution in [1.29, 1.82) is 0 Å². The summed E-state index contributed by atoms with van der Waals surface area (Å²) in [6.45, 7) is 0.555. The van der Waals surface area contributed by atoms with Gasteiger partial charge in [-0.3, -0.25) is 4.79 Å². The second-order valence-corrected chi connectivity index (χ2v) is 3.52. The van der Waals surface area contributed by atoms with Gasteiger partial charge in [0.05, 0.1) is 11.5 Å². The lowest BCUT2D eigenvalue weighted by atomic mass is 10.2. The van der Waals surface area contributed by atoms with Gasteiger partial charge in [0.25, 0.3) is 0 Å². The van der Waals surface area contributed by atoms with Crippen LogP contribution in [0.25, 0.3) is 0 Å². The molecule has 0 fully saturated rings. The number of carbonyl (C=O) groups excluding carboxylic acids is 1. The van der Waals surface area contributed by atoms with E-state index in [1.807, 2.05) is 46.9 Å². The normalized spacial score (nSPS) is 9.57. The zero-order valence-corrected chi connectivity index (χ0v) is 10.1. The molecule has 76 valence electrons. The topological polar surface area (TPSA) is 38.3 Å². The minimum absolute atomic E-state index is 0.0495. The van der Waals surface area contributed by atoms with Crippen molar-refractivity contribution in [3.05, 3.63) is 29.8 Å². The summed E-state index contributed by atoms with van der Waals surface area (Å²) in [6.07, 6.45) is 0. The Morgan fingerprint density at radius 3 is 3.00 bits per heavy atom. The highest BCUT2D eigenvalue weighted by Crippen LogP contribution is 2.11. The molecule has 14 heavy (non-hydrogen) atoms. The van der Waals surface area contributed by atoms with Crippen LogP contribution in [-0.4, -0.2) is 17.4 Å². The molecule has 0 radical (unpaired) electrons. The van der Waals surface area contributed by atoms with Gasteiger partial charge in [-0.05, 0) is 17.7 Å². The van der Waals surface area contributed by atoms with Crippen LogP contribution in [-0.2, 0) is 11.3 Å². The van der Waals surface area contributed by atoms with Crippen molar-refractivity contribution in [3.63, 3.8) is 0 Å². The predicted octanol–water partition coefficient (Wildman–Crippen LogP) is 1.75. The second-order valence-electron chi connectivity index (χ2n) is 2.76. The quantitative estimate of drug-likeness (QED) is 0.680. The van der Waals surface area contributed by atoms with Gasteiger partial charge in [-0.2, -0.15) is 0 Å². The Balaban J connectivity index is 2.54. The molecule has 0 atom stereocenters. The van der Waals surface area contributed by atoms with Crippen LogP contribution >= 0.6 is 22.6 Å². The number of methoxy groups -OCH3 is 1. The molecule has 1 N–H and O–H groups in total. The van der Waals surface area contributed by atoms with Gasteiger partial charge in [0, 0.05) is 6.54 Å². The van der Waals surface area contributed by atoms with Crippen molar-refractivity contribution in [1.82, 2.24) is 5.32 Å². The van der Waals surface area contributed by atoms with Crippen LogP contribution in [0.5, 0.6) is 5.75 Å². The van der Waals surface area contributed by atoms with Crippen LogP contribution in [0.3, 0.4) is 0 Å². The summed E-state index contributed by atoms with van der Waals surface area (Å²) in [5, 5.41) is 2.80. The van der Waals surface area contributed by atoms with E-state index in [9.17, 15) is 4.79 Å². The number of ether oxygens (including phenoxy) is 1. The van der Waals surface area contributed by atoms with E-state index in [1.165, 1.54) is 0 Å². The van der Waals surface area contributed by atoms with Crippen LogP contribution in [0.4, 0.5) is 0 Å². The highest BCUT2D eigenvalue weighted by Gasteiger charge is 1.99. The van der Waals surface area contributed by atoms with E-state index >= 15 is 0 Å². The first kappa shape index (κ1) is 11.3. The number of hydrogen-bond acceptors (Lipinski definition) is 2. The van der Waals surface area contributed by atoms with Gasteiger partial charge >= 0.3 is 0 Å². The average molecular weight is 305 g/mol. The summed E-state index contributed by atoms with van der Waals surface area (Å²) in [4.78, 5) is 11.0. The smallest absolute Gasteiger partial charge is 0.230 e. The lowest BCUT2D eigenvalue weighted by Gasteiger charge is -2.05. The maximum atomic E-state index is 11.0. The molecule has 0 aliphatic rings. The largest absolute Gasteiger partial charge is 0.497 e. The van der Waals surface area contributed by atoms with E-state index in [1.54, 1.807) is 7.11 Å². The fraction of sp³-hybridized carbons (Fsp3) is 0.300. The van der Waals surface area contributed by atoms with Crippen molar-refractivity contribution in [2.24, 2.45) is 0 Å². The molecule has 0 aliphatic heterocycles. The van der Waals surface area contributed by atoms with E-state index in [0.717, 1.165) is 11.3 Å². The Morgan fingerprint density at radius 1 is 1.57 bits per heavy atom. The number of amides is 1. The summed E-state index contributed by atoms with van der Waals surface area (Å²) in [5.41, 5.74) is 1.04. The summed E-state index contributed by atoms with van der Waals surface area (Å²) in [6, 6.07) is 7.65. The number of rotatable bonds is 4. The second kappa shape index (κ2) is 5.85. The zero-order valence-electron chi connectivity index (χ0n) is 7.92. The third kappa shape index (κ3) is 3.53. The molecule has 4 heteroatoms. The first-order valence-electron chi connectivity index (χ1n) is 4.22. The van der Waals surface area contributed by atoms with E-state index < -0.39 is 0 Å². The van der Waals surface area contributed by atoms with Crippen molar-refractivity contribution >= 4 is 28.5 Å². The molecule has 0 aliphatic carbocycles. The zero-order chi connectivity index (χ0) is 10.4. The molecule has 0 heterocycles. The van der Waals surface area contributed by atoms with Crippen molar-refractivity contribution in [2.45, 2.75) is 6.54 Å². The Bertz CT molecular complexity index is 315. The molecule has 1 aromatic carbocycles. The lowest BCUT2D eigenvalue weighted by Crippen LogP contribution is -2.23. The van der Waals surface area contributed by atoms with Gasteiger partial charge in [0.15, 0.2) is 0 Å². The Labute approximate surface area is 97.0 Å². The maximum Gasteiger partial charge on any atom is 0.230 e. The highest BCUT2D eigenvalue weighted by molar-refractivity contribution is 14.1. The van der Waals surface area contributed by atoms with E-state index in [0.29, 0.717) is 11.0 Å². The molecule has 0 saturated heterocycles. The molecule has 3 nitrogen and oxygen atoms in total. The highest BCUT2D eigenvalue weighted by atomic mass is 127. The van der Waals surface area contributed by atoms with Crippen LogP contribution < -0.4 is 10.1 Å². The number of carbonyl (C=O) groups is 1. The van der Waals surface area contributed by atoms with Gasteiger partial charge < -0.3 is 10.1 Å². The molecule has 1 aromatic rings. The fourth-order valence-electron chi connectivity index (χ4n) is 1.03. The van der Waals surface area contributed by atoms with Crippen LogP contribution in [0.1, 0.15) is 5.56 Å². The molecule has 0 saturated carbocycles. The van der Waals surface area contributed by atoms with Gasteiger partial charge in [-0.25, -0.2) is 0 Å². The average Bonchev–Trinajstić information content (AvgIpc) is 2.26. The van der Waals surface area contributed by atoms with E-state index in [4.69, 9.17) is 4.74 Å². The third-order valence-corrected chi connectivity index (χ3v) is 2.44. The SMILES string of the molecule is COc1cccc(CNC(=O)CI)c1. The number of benzene rings is 1. The molecule has 0 unspecified atom stereocenters. The molecule has 0 bridgehead atoms. The van der Waals surface area contributed by atoms with Crippen LogP contribution in [0, 0.1) is 0 Å². The standard InChI is InChI=1S/C10H12INO2/c1-14-9-4-2-3-8(5-9)7-12-10(13)6-11/h2-5H,6-7H2,1H3,(H,12,13). The van der Waals surface area contributed by atoms with Crippen molar-refractivity contribution < 1.29 is 9.53 Å². The maximum absolute atomic E-state index is 11.0. The first-order valence-corrected chi connectivity index (χ1v) is 5.74. The fourth-order valence-corrected chi connectivity index (χ4v) is 1.30. The minimum atomic E-state index is 0.0495. The van der Waals surface area contributed by atoms with Crippen molar-refractivity contribution in [2.75, 3.05) is 11.5 Å². The molecular weight excluding hydrogens is 293 g/mol. The molecule has 0 spiro atoms. The lowest BCUT2D eigenvalue weighted by molar-refractivity contribution is -0.118. The molecular formula is C10H12INO2. The van der Waals surface area contributed by atoms with Gasteiger partial charge in [-0.1, -0.05) is 34.7 Å². The number of alkyl halides is 1. The minimum Gasteiger partial charge on any atom is -0.497 e. The van der Waals surface area contributed by atoms with Crippen molar-refractivity contribution in [3.8, 4) is 5.75 Å². The Hall–Kier alpha value is -0.780. The molecule has 1 rings (SSSR count). The van der Waals surface area contributed by atoms with E-state index in [2.05, 4.69) is 5.32 Å². The third-order valence-electron chi connectivity index (χ3n) is 1.75. The van der Waals surface area contributed by atoms with Gasteiger partial charge in [0.2, 0.25) is 5.91 Å². The summed E-state index contributed by atoms with van der Waals surface area (Å²) >= 11 is 2.03. The monoisotopic (exact) mass is 305 g/mol. The predicted molar refractivity (Wildman–Crippen MR) is 63.7 cm³/mol. The van der Waals surface area contributed by atoms with Crippen LogP contribution in [0.15, 0.2) is 24.3 Å². The van der Waals surface area contributed by atoms with Gasteiger partial charge in [0.1, 0.15) is 5.75 Å². The van der Waals surface area contributed by atoms with E-state index in [-0.39, 0.29) is 5.91 Å². The first-order chi connectivity index (χ1) is 6.76. The van der Waals surface area contributed by atoms with Crippen LogP contribution in [0.2, 0.25) is 0 Å². The number of halogens is 1. The summed E-state index contributed by atoms with van der Waals surface area (Å²) in [7, 11) is 1.63. The molecule has 0 aromatic heterocycles. The Kier molecular flexibility index (Phi) is 4.72. The number of nitrogens with one attached hydrogen (secondary N) is 1. The number of hydrogen-bond donors (Lipinski definition) is 1.